The van der Waals surface area contributed by atoms with Gasteiger partial charge >= 0.3 is 6.16 Å². The number of hydrogen-bond donors (Lipinski definition) is 0. The van der Waals surface area contributed by atoms with Crippen LogP contribution in [-0.2, 0) is 35.1 Å². The maximum Gasteiger partial charge on any atom is 0.508 e. The minimum atomic E-state index is -0.740. The first-order valence-corrected chi connectivity index (χ1v) is 12.3. The van der Waals surface area contributed by atoms with Crippen molar-refractivity contribution in [1.29, 1.82) is 0 Å². The van der Waals surface area contributed by atoms with E-state index in [1.165, 1.54) is 0 Å². The van der Waals surface area contributed by atoms with Crippen LogP contribution >= 0.6 is 0 Å². The molecule has 4 atom stereocenters. The Morgan fingerprint density at radius 1 is 1.03 bits per heavy atom. The number of carbonyl (C=O) groups excluding carboxylic acids is 2. The van der Waals surface area contributed by atoms with Crippen molar-refractivity contribution in [2.45, 2.75) is 70.1 Å². The summed E-state index contributed by atoms with van der Waals surface area (Å²) in [5.41, 5.74) is 1.70. The molecule has 0 saturated carbocycles. The van der Waals surface area contributed by atoms with E-state index in [9.17, 15) is 9.59 Å². The van der Waals surface area contributed by atoms with Crippen molar-refractivity contribution in [2.24, 2.45) is 5.92 Å². The molecule has 0 spiro atoms. The molecule has 3 heterocycles. The van der Waals surface area contributed by atoms with Crippen molar-refractivity contribution in [3.8, 4) is 0 Å². The van der Waals surface area contributed by atoms with E-state index in [1.807, 2.05) is 30.3 Å². The highest BCUT2D eigenvalue weighted by Crippen LogP contribution is 2.38. The Morgan fingerprint density at radius 2 is 1.79 bits per heavy atom. The average Bonchev–Trinajstić information content (AvgIpc) is 2.88. The van der Waals surface area contributed by atoms with Gasteiger partial charge in [-0.2, -0.15) is 0 Å². The Hall–Kier alpha value is -2.42. The molecule has 34 heavy (non-hydrogen) atoms. The summed E-state index contributed by atoms with van der Waals surface area (Å²) in [4.78, 5) is 26.8. The molecule has 3 aliphatic heterocycles. The third-order valence-corrected chi connectivity index (χ3v) is 6.58. The third-order valence-electron chi connectivity index (χ3n) is 6.58. The zero-order valence-electron chi connectivity index (χ0n) is 19.7. The Balaban J connectivity index is 1.28. The van der Waals surface area contributed by atoms with Crippen LogP contribution in [0.3, 0.4) is 0 Å². The predicted molar refractivity (Wildman–Crippen MR) is 124 cm³/mol. The van der Waals surface area contributed by atoms with Crippen LogP contribution in [0.5, 0.6) is 0 Å². The van der Waals surface area contributed by atoms with Crippen LogP contribution in [0.25, 0.3) is 0 Å². The van der Waals surface area contributed by atoms with Crippen LogP contribution < -0.4 is 0 Å². The van der Waals surface area contributed by atoms with E-state index < -0.39 is 6.16 Å². The Labute approximate surface area is 201 Å². The fraction of sp³-hybridized carbons (Fsp3) is 0.615. The molecular weight excluding hydrogens is 438 g/mol. The molecule has 1 aromatic carbocycles. The number of rotatable bonds is 10. The molecule has 3 fully saturated rings. The number of benzene rings is 1. The molecule has 4 rings (SSSR count). The van der Waals surface area contributed by atoms with Gasteiger partial charge in [0.1, 0.15) is 12.8 Å². The van der Waals surface area contributed by atoms with Crippen molar-refractivity contribution in [3.63, 3.8) is 0 Å². The second kappa shape index (κ2) is 12.3. The standard InChI is InChI=1S/C26H35NO7/c1-19(17-33-23-12-6-8-15-31-23)24-21(25(28)27(24)22-11-5-7-14-30-22)13-16-32-26(29)34-18-20-9-3-2-4-10-20/h2-4,9-10,21-24H,1,5-8,11-18H2/t21-,22?,23+,24+/m0/s1. The van der Waals surface area contributed by atoms with Crippen LogP contribution in [0.15, 0.2) is 42.5 Å². The molecule has 1 aromatic rings. The van der Waals surface area contributed by atoms with Gasteiger partial charge in [-0.1, -0.05) is 36.9 Å². The number of hydrogen-bond acceptors (Lipinski definition) is 7. The lowest BCUT2D eigenvalue weighted by Gasteiger charge is -2.52. The quantitative estimate of drug-likeness (QED) is 0.286. The van der Waals surface area contributed by atoms with Gasteiger partial charge in [0, 0.05) is 13.2 Å². The topological polar surface area (TPSA) is 83.5 Å². The van der Waals surface area contributed by atoms with Gasteiger partial charge in [0.15, 0.2) is 6.29 Å². The highest BCUT2D eigenvalue weighted by Gasteiger charge is 2.51. The second-order valence-corrected chi connectivity index (χ2v) is 9.04. The minimum absolute atomic E-state index is 0.00761. The Kier molecular flexibility index (Phi) is 8.96. The second-order valence-electron chi connectivity index (χ2n) is 9.04. The van der Waals surface area contributed by atoms with E-state index in [4.69, 9.17) is 23.7 Å². The molecule has 8 heteroatoms. The molecule has 0 N–H and O–H groups in total. The zero-order chi connectivity index (χ0) is 23.8. The largest absolute Gasteiger partial charge is 0.508 e. The first-order chi connectivity index (χ1) is 16.6. The van der Waals surface area contributed by atoms with Crippen LogP contribution in [0, 0.1) is 5.92 Å². The molecule has 1 unspecified atom stereocenters. The molecule has 0 radical (unpaired) electrons. The summed E-state index contributed by atoms with van der Waals surface area (Å²) >= 11 is 0. The average molecular weight is 474 g/mol. The van der Waals surface area contributed by atoms with Crippen LogP contribution in [0.2, 0.25) is 0 Å². The summed E-state index contributed by atoms with van der Waals surface area (Å²) in [6.07, 6.45) is 5.07. The first kappa shape index (κ1) is 24.7. The summed E-state index contributed by atoms with van der Waals surface area (Å²) in [6.45, 7) is 6.16. The van der Waals surface area contributed by atoms with Gasteiger partial charge in [0.25, 0.3) is 0 Å². The van der Waals surface area contributed by atoms with Gasteiger partial charge in [0.05, 0.1) is 25.2 Å². The molecule has 8 nitrogen and oxygen atoms in total. The monoisotopic (exact) mass is 473 g/mol. The van der Waals surface area contributed by atoms with Crippen molar-refractivity contribution < 1.29 is 33.3 Å². The number of ether oxygens (including phenoxy) is 5. The van der Waals surface area contributed by atoms with E-state index in [0.29, 0.717) is 26.2 Å². The van der Waals surface area contributed by atoms with Crippen molar-refractivity contribution >= 4 is 12.1 Å². The molecule has 1 amide bonds. The molecule has 0 aliphatic carbocycles. The minimum Gasteiger partial charge on any atom is -0.434 e. The Bertz CT molecular complexity index is 818. The molecular formula is C26H35NO7. The summed E-state index contributed by atoms with van der Waals surface area (Å²) in [7, 11) is 0. The van der Waals surface area contributed by atoms with E-state index in [-0.39, 0.29) is 43.6 Å². The summed E-state index contributed by atoms with van der Waals surface area (Å²) in [5, 5.41) is 0. The van der Waals surface area contributed by atoms with Crippen molar-refractivity contribution in [2.75, 3.05) is 26.4 Å². The first-order valence-electron chi connectivity index (χ1n) is 12.3. The van der Waals surface area contributed by atoms with Gasteiger partial charge in [0.2, 0.25) is 5.91 Å². The number of likely N-dealkylation sites (tertiary alicyclic amines) is 1. The molecule has 3 aliphatic rings. The smallest absolute Gasteiger partial charge is 0.434 e. The van der Waals surface area contributed by atoms with Gasteiger partial charge in [-0.25, -0.2) is 4.79 Å². The zero-order valence-corrected chi connectivity index (χ0v) is 19.7. The number of β-lactam (4-membered cyclic amide) rings is 1. The number of nitrogens with zero attached hydrogens (tertiary/aromatic N) is 1. The van der Waals surface area contributed by atoms with Crippen LogP contribution in [0.4, 0.5) is 4.79 Å². The van der Waals surface area contributed by atoms with E-state index in [2.05, 4.69) is 6.58 Å². The molecule has 0 bridgehead atoms. The van der Waals surface area contributed by atoms with Crippen LogP contribution in [0.1, 0.15) is 50.5 Å². The highest BCUT2D eigenvalue weighted by atomic mass is 16.7. The molecule has 186 valence electrons. The fourth-order valence-corrected chi connectivity index (χ4v) is 4.76. The van der Waals surface area contributed by atoms with Crippen LogP contribution in [-0.4, -0.2) is 61.9 Å². The van der Waals surface area contributed by atoms with E-state index in [1.54, 1.807) is 4.90 Å². The van der Waals surface area contributed by atoms with E-state index >= 15 is 0 Å². The lowest BCUT2D eigenvalue weighted by atomic mass is 9.80. The van der Waals surface area contributed by atoms with Crippen molar-refractivity contribution in [1.82, 2.24) is 4.90 Å². The number of carbonyl (C=O) groups is 2. The van der Waals surface area contributed by atoms with E-state index in [0.717, 1.165) is 49.7 Å². The van der Waals surface area contributed by atoms with Gasteiger partial charge in [-0.05, 0) is 56.1 Å². The SMILES string of the molecule is C=C(CO[C@@H]1CCCCO1)[C@@H]1[C@H](CCOC(=O)OCc2ccccc2)C(=O)N1C1CCCCO1. The maximum absolute atomic E-state index is 13.0. The fourth-order valence-electron chi connectivity index (χ4n) is 4.76. The molecule has 0 aromatic heterocycles. The summed E-state index contributed by atoms with van der Waals surface area (Å²) in [6, 6.07) is 9.20. The lowest BCUT2D eigenvalue weighted by molar-refractivity contribution is -0.189. The van der Waals surface area contributed by atoms with Crippen molar-refractivity contribution in [3.05, 3.63) is 48.0 Å². The Morgan fingerprint density at radius 3 is 2.50 bits per heavy atom. The molecule has 3 saturated heterocycles. The number of amides is 1. The lowest BCUT2D eigenvalue weighted by Crippen LogP contribution is -2.66. The predicted octanol–water partition coefficient (Wildman–Crippen LogP) is 4.18. The van der Waals surface area contributed by atoms with Gasteiger partial charge < -0.3 is 28.6 Å². The highest BCUT2D eigenvalue weighted by molar-refractivity contribution is 5.87. The van der Waals surface area contributed by atoms with Gasteiger partial charge in [-0.15, -0.1) is 0 Å². The summed E-state index contributed by atoms with van der Waals surface area (Å²) < 4.78 is 27.9. The maximum atomic E-state index is 13.0. The third kappa shape index (κ3) is 6.37. The normalized spacial score (nSPS) is 27.1. The summed E-state index contributed by atoms with van der Waals surface area (Å²) in [5.74, 6) is -0.316. The van der Waals surface area contributed by atoms with Gasteiger partial charge in [-0.3, -0.25) is 4.79 Å².